The van der Waals surface area contributed by atoms with Gasteiger partial charge in [0, 0.05) is 0 Å². The predicted octanol–water partition coefficient (Wildman–Crippen LogP) is -0.947. The zero-order valence-corrected chi connectivity index (χ0v) is 23.6. The number of halogens is 1. The number of phosphoric ester groups is 2. The number of imidazole rings is 2. The molecule has 3 fully saturated rings. The molecule has 0 amide bonds. The molecule has 4 aromatic rings. The van der Waals surface area contributed by atoms with Crippen LogP contribution in [0.2, 0.25) is 0 Å². The molecule has 7 heterocycles. The number of alkyl halides is 1. The SMILES string of the molecule is Nc1ncnc2c1ncn2C1OC2COP(=O)(O)O[C@@H]3C(COP(=O)(O)O[C@H]2[C@H]1O)OC(n1cnc2c(=O)[nH]cnc21)[C@@H]3F. The van der Waals surface area contributed by atoms with Gasteiger partial charge in [-0.15, -0.1) is 0 Å². The summed E-state index contributed by atoms with van der Waals surface area (Å²) in [6.07, 6.45) is -9.04. The maximum atomic E-state index is 15.8. The Labute approximate surface area is 242 Å². The van der Waals surface area contributed by atoms with Gasteiger partial charge in [-0.25, -0.2) is 38.4 Å². The van der Waals surface area contributed by atoms with Crippen LogP contribution in [-0.4, -0.2) is 104 Å². The van der Waals surface area contributed by atoms with Gasteiger partial charge >= 0.3 is 15.6 Å². The van der Waals surface area contributed by atoms with E-state index in [0.717, 1.165) is 23.5 Å². The minimum Gasteiger partial charge on any atom is -0.386 e. The molecule has 0 spiro atoms. The van der Waals surface area contributed by atoms with Crippen molar-refractivity contribution in [3.8, 4) is 0 Å². The topological polar surface area (TPSA) is 283 Å². The van der Waals surface area contributed by atoms with Gasteiger partial charge in [0.1, 0.15) is 42.4 Å². The molecule has 44 heavy (non-hydrogen) atoms. The molecular weight excluding hydrogens is 639 g/mol. The lowest BCUT2D eigenvalue weighted by Crippen LogP contribution is -2.38. The molecule has 6 N–H and O–H groups in total. The van der Waals surface area contributed by atoms with Crippen LogP contribution >= 0.6 is 15.6 Å². The van der Waals surface area contributed by atoms with Gasteiger partial charge in [0.15, 0.2) is 41.3 Å². The fraction of sp³-hybridized carbons (Fsp3) is 0.500. The maximum Gasteiger partial charge on any atom is 0.472 e. The predicted molar refractivity (Wildman–Crippen MR) is 138 cm³/mol. The fourth-order valence-corrected chi connectivity index (χ4v) is 7.12. The first-order valence-electron chi connectivity index (χ1n) is 12.7. The zero-order chi connectivity index (χ0) is 31.0. The van der Waals surface area contributed by atoms with Crippen LogP contribution in [0, 0.1) is 0 Å². The largest absolute Gasteiger partial charge is 0.472 e. The van der Waals surface area contributed by atoms with Gasteiger partial charge in [0.05, 0.1) is 32.2 Å². The number of hydrogen-bond donors (Lipinski definition) is 5. The highest BCUT2D eigenvalue weighted by Crippen LogP contribution is 2.54. The van der Waals surface area contributed by atoms with Crippen LogP contribution in [0.15, 0.2) is 30.1 Å². The maximum absolute atomic E-state index is 15.8. The first-order valence-corrected chi connectivity index (χ1v) is 15.7. The van der Waals surface area contributed by atoms with Gasteiger partial charge in [-0.3, -0.25) is 32.0 Å². The molecular formula is C20H22FN9O12P2. The summed E-state index contributed by atoms with van der Waals surface area (Å²) in [6, 6.07) is 0. The number of H-pyrrole nitrogens is 1. The Balaban J connectivity index is 1.17. The molecule has 3 aliphatic heterocycles. The van der Waals surface area contributed by atoms with E-state index in [4.69, 9.17) is 33.3 Å². The minimum absolute atomic E-state index is 0.0336. The lowest BCUT2D eigenvalue weighted by molar-refractivity contribution is -0.0663. The number of nitrogens with one attached hydrogen (secondary N) is 1. The van der Waals surface area contributed by atoms with E-state index in [1.54, 1.807) is 0 Å². The van der Waals surface area contributed by atoms with Gasteiger partial charge in [-0.2, -0.15) is 0 Å². The Morgan fingerprint density at radius 1 is 0.886 bits per heavy atom. The number of aromatic amines is 1. The lowest BCUT2D eigenvalue weighted by atomic mass is 10.1. The molecule has 21 nitrogen and oxygen atoms in total. The summed E-state index contributed by atoms with van der Waals surface area (Å²) in [5, 5.41) is 11.1. The third-order valence-electron chi connectivity index (χ3n) is 7.19. The van der Waals surface area contributed by atoms with Crippen molar-refractivity contribution >= 4 is 43.8 Å². The second kappa shape index (κ2) is 10.7. The van der Waals surface area contributed by atoms with E-state index < -0.39 is 83.6 Å². The van der Waals surface area contributed by atoms with E-state index in [2.05, 4.69) is 29.9 Å². The third-order valence-corrected chi connectivity index (χ3v) is 9.16. The number of nitrogen functional groups attached to an aromatic ring is 1. The average Bonchev–Trinajstić information content (AvgIpc) is 3.73. The van der Waals surface area contributed by atoms with Crippen LogP contribution in [-0.2, 0) is 36.7 Å². The zero-order valence-electron chi connectivity index (χ0n) is 21.8. The Kier molecular flexibility index (Phi) is 7.14. The molecule has 0 radical (unpaired) electrons. The molecule has 236 valence electrons. The summed E-state index contributed by atoms with van der Waals surface area (Å²) in [4.78, 5) is 55.3. The highest BCUT2D eigenvalue weighted by molar-refractivity contribution is 7.47. The second-order valence-corrected chi connectivity index (χ2v) is 12.7. The summed E-state index contributed by atoms with van der Waals surface area (Å²) < 4.78 is 76.1. The van der Waals surface area contributed by atoms with Crippen LogP contribution in [0.3, 0.4) is 0 Å². The summed E-state index contributed by atoms with van der Waals surface area (Å²) in [6.45, 7) is -1.73. The van der Waals surface area contributed by atoms with Crippen LogP contribution in [0.4, 0.5) is 10.2 Å². The molecule has 0 saturated carbocycles. The van der Waals surface area contributed by atoms with E-state index >= 15 is 4.39 Å². The molecule has 10 atom stereocenters. The Hall–Kier alpha value is -3.27. The van der Waals surface area contributed by atoms with Crippen molar-refractivity contribution in [2.75, 3.05) is 18.9 Å². The number of aromatic nitrogens is 8. The molecule has 0 aromatic carbocycles. The van der Waals surface area contributed by atoms with E-state index in [1.807, 2.05) is 0 Å². The number of aliphatic hydroxyl groups is 1. The average molecular weight is 661 g/mol. The number of anilines is 1. The van der Waals surface area contributed by atoms with Crippen molar-refractivity contribution in [2.24, 2.45) is 0 Å². The van der Waals surface area contributed by atoms with Crippen LogP contribution in [0.25, 0.3) is 22.3 Å². The molecule has 0 bridgehead atoms. The van der Waals surface area contributed by atoms with E-state index in [9.17, 15) is 28.8 Å². The molecule has 3 aliphatic rings. The molecule has 24 heteroatoms. The van der Waals surface area contributed by atoms with Crippen molar-refractivity contribution in [1.29, 1.82) is 0 Å². The summed E-state index contributed by atoms with van der Waals surface area (Å²) >= 11 is 0. The highest BCUT2D eigenvalue weighted by atomic mass is 31.2. The summed E-state index contributed by atoms with van der Waals surface area (Å²) in [5.41, 5.74) is 5.29. The number of aliphatic hydroxyl groups excluding tert-OH is 1. The Bertz CT molecular complexity index is 1890. The first-order chi connectivity index (χ1) is 20.9. The Morgan fingerprint density at radius 3 is 2.20 bits per heavy atom. The molecule has 6 unspecified atom stereocenters. The van der Waals surface area contributed by atoms with E-state index in [-0.39, 0.29) is 28.1 Å². The number of nitrogens with zero attached hydrogens (tertiary/aromatic N) is 7. The summed E-state index contributed by atoms with van der Waals surface area (Å²) in [5.74, 6) is 0.0336. The number of hydrogen-bond acceptors (Lipinski definition) is 16. The standard InChI is InChI=1S/C20H22FN9O12P2/c21-9-13-7(39-19(9)29-6-28-11-17(29)25-4-26-18(11)32)1-37-44(35,36)42-14-8(2-38-43(33,34)41-13)40-20(12(14)31)30-5-27-10-15(22)23-3-24-16(10)30/h3-9,12-14,19-20,31H,1-2H2,(H,33,34)(H,35,36)(H2,22,23,24)(H,25,26,32)/t7?,8?,9-,12-,13-,14-,19?,20?/m1/s1. The van der Waals surface area contributed by atoms with Crippen molar-refractivity contribution in [2.45, 2.75) is 49.1 Å². The van der Waals surface area contributed by atoms with Crippen molar-refractivity contribution in [3.63, 3.8) is 0 Å². The van der Waals surface area contributed by atoms with Gasteiger partial charge in [-0.05, 0) is 0 Å². The number of nitrogens with two attached hydrogens (primary N) is 1. The smallest absolute Gasteiger partial charge is 0.386 e. The number of ether oxygens (including phenoxy) is 2. The van der Waals surface area contributed by atoms with Crippen LogP contribution < -0.4 is 11.3 Å². The van der Waals surface area contributed by atoms with Gasteiger partial charge in [0.25, 0.3) is 5.56 Å². The van der Waals surface area contributed by atoms with Gasteiger partial charge in [0.2, 0.25) is 0 Å². The molecule has 4 aromatic heterocycles. The molecule has 7 rings (SSSR count). The highest BCUT2D eigenvalue weighted by Gasteiger charge is 2.54. The first kappa shape index (κ1) is 29.4. The van der Waals surface area contributed by atoms with Crippen molar-refractivity contribution < 1.29 is 56.0 Å². The van der Waals surface area contributed by atoms with E-state index in [1.165, 1.54) is 10.9 Å². The quantitative estimate of drug-likeness (QED) is 0.162. The molecule has 0 aliphatic carbocycles. The summed E-state index contributed by atoms with van der Waals surface area (Å²) in [7, 11) is -10.2. The number of rotatable bonds is 2. The van der Waals surface area contributed by atoms with E-state index in [0.29, 0.717) is 0 Å². The fourth-order valence-electron chi connectivity index (χ4n) is 5.20. The normalized spacial score (nSPS) is 38.3. The number of phosphoric acid groups is 2. The Morgan fingerprint density at radius 2 is 1.48 bits per heavy atom. The third kappa shape index (κ3) is 5.03. The van der Waals surface area contributed by atoms with Gasteiger partial charge < -0.3 is 35.1 Å². The monoisotopic (exact) mass is 661 g/mol. The van der Waals surface area contributed by atoms with Crippen molar-refractivity contribution in [1.82, 2.24) is 39.0 Å². The van der Waals surface area contributed by atoms with Crippen LogP contribution in [0.1, 0.15) is 12.5 Å². The second-order valence-electron chi connectivity index (χ2n) is 9.87. The van der Waals surface area contributed by atoms with Crippen molar-refractivity contribution in [3.05, 3.63) is 35.7 Å². The van der Waals surface area contributed by atoms with Gasteiger partial charge in [-0.1, -0.05) is 0 Å². The minimum atomic E-state index is -5.11. The van der Waals surface area contributed by atoms with Crippen LogP contribution in [0.5, 0.6) is 0 Å². The molecule has 3 saturated heterocycles. The lowest BCUT2D eigenvalue weighted by Gasteiger charge is -2.27. The number of fused-ring (bicyclic) bond motifs is 4.